The number of hydrogen-bond donors (Lipinski definition) is 1. The van der Waals surface area contributed by atoms with Crippen LogP contribution in [0.1, 0.15) is 24.8 Å². The fourth-order valence-electron chi connectivity index (χ4n) is 4.06. The lowest BCUT2D eigenvalue weighted by Crippen LogP contribution is -2.43. The maximum absolute atomic E-state index is 11.4. The molecule has 2 aliphatic rings. The van der Waals surface area contributed by atoms with Gasteiger partial charge in [-0.25, -0.2) is 4.79 Å². The summed E-state index contributed by atoms with van der Waals surface area (Å²) in [5.41, 5.74) is 6.75. The summed E-state index contributed by atoms with van der Waals surface area (Å²) in [5, 5.41) is 0. The van der Waals surface area contributed by atoms with E-state index in [-0.39, 0.29) is 6.03 Å². The van der Waals surface area contributed by atoms with Gasteiger partial charge in [0, 0.05) is 38.1 Å². The predicted octanol–water partition coefficient (Wildman–Crippen LogP) is 1.69. The summed E-state index contributed by atoms with van der Waals surface area (Å²) in [6.07, 6.45) is 7.39. The number of primary amides is 1. The number of hydrogen-bond acceptors (Lipinski definition) is 3. The van der Waals surface area contributed by atoms with Crippen LogP contribution >= 0.6 is 0 Å². The van der Waals surface area contributed by atoms with Gasteiger partial charge >= 0.3 is 6.03 Å². The third-order valence-corrected chi connectivity index (χ3v) is 5.12. The lowest BCUT2D eigenvalue weighted by molar-refractivity contribution is 0.105. The summed E-state index contributed by atoms with van der Waals surface area (Å²) >= 11 is 0. The molecule has 1 unspecified atom stereocenters. The summed E-state index contributed by atoms with van der Waals surface area (Å²) in [5.74, 6) is 1.19. The van der Waals surface area contributed by atoms with Crippen LogP contribution in [-0.4, -0.2) is 47.0 Å². The number of carbonyl (C=O) groups is 1. The molecule has 114 valence electrons. The van der Waals surface area contributed by atoms with Crippen molar-refractivity contribution in [2.24, 2.45) is 17.6 Å². The van der Waals surface area contributed by atoms with E-state index in [1.54, 1.807) is 0 Å². The highest BCUT2D eigenvalue weighted by molar-refractivity contribution is 5.72. The molecule has 1 aromatic rings. The molecule has 2 fully saturated rings. The first-order chi connectivity index (χ1) is 10.1. The quantitative estimate of drug-likeness (QED) is 0.920. The second-order valence-electron chi connectivity index (χ2n) is 6.44. The third-order valence-electron chi connectivity index (χ3n) is 5.12. The maximum Gasteiger partial charge on any atom is 0.314 e. The van der Waals surface area contributed by atoms with Crippen LogP contribution in [0.3, 0.4) is 0 Å². The molecule has 0 spiro atoms. The van der Waals surface area contributed by atoms with Gasteiger partial charge in [0.2, 0.25) is 0 Å². The Labute approximate surface area is 126 Å². The number of amides is 2. The van der Waals surface area contributed by atoms with Crippen molar-refractivity contribution in [3.63, 3.8) is 0 Å². The van der Waals surface area contributed by atoms with Gasteiger partial charge in [-0.05, 0) is 49.4 Å². The minimum Gasteiger partial charge on any atom is -0.351 e. The van der Waals surface area contributed by atoms with Crippen molar-refractivity contribution in [1.82, 2.24) is 14.8 Å². The van der Waals surface area contributed by atoms with E-state index < -0.39 is 0 Å². The Kier molecular flexibility index (Phi) is 4.10. The number of nitrogens with two attached hydrogens (primary N) is 1. The van der Waals surface area contributed by atoms with E-state index in [1.807, 2.05) is 17.3 Å². The summed E-state index contributed by atoms with van der Waals surface area (Å²) in [6, 6.07) is 4.42. The van der Waals surface area contributed by atoms with Gasteiger partial charge in [0.05, 0.1) is 0 Å². The number of fused-ring (bicyclic) bond motifs is 1. The highest BCUT2D eigenvalue weighted by atomic mass is 16.2. The van der Waals surface area contributed by atoms with Gasteiger partial charge in [0.1, 0.15) is 0 Å². The Bertz CT molecular complexity index is 492. The summed E-state index contributed by atoms with van der Waals surface area (Å²) in [7, 11) is 2.19. The minimum absolute atomic E-state index is 0.264. The number of nitrogens with zero attached hydrogens (tertiary/aromatic N) is 3. The Hall–Kier alpha value is -1.62. The molecule has 2 amide bonds. The largest absolute Gasteiger partial charge is 0.351 e. The molecule has 3 atom stereocenters. The molecule has 0 radical (unpaired) electrons. The molecular formula is C16H24N4O. The minimum atomic E-state index is -0.264. The monoisotopic (exact) mass is 288 g/mol. The second-order valence-corrected chi connectivity index (χ2v) is 6.44. The molecule has 1 saturated heterocycles. The van der Waals surface area contributed by atoms with Crippen molar-refractivity contribution in [2.75, 3.05) is 20.1 Å². The number of rotatable bonds is 3. The van der Waals surface area contributed by atoms with Crippen LogP contribution < -0.4 is 5.73 Å². The van der Waals surface area contributed by atoms with Crippen molar-refractivity contribution >= 4 is 6.03 Å². The summed E-state index contributed by atoms with van der Waals surface area (Å²) in [4.78, 5) is 19.8. The van der Waals surface area contributed by atoms with Crippen LogP contribution in [0.5, 0.6) is 0 Å². The van der Waals surface area contributed by atoms with E-state index in [0.717, 1.165) is 19.6 Å². The van der Waals surface area contributed by atoms with Crippen molar-refractivity contribution in [1.29, 1.82) is 0 Å². The molecule has 2 N–H and O–H groups in total. The van der Waals surface area contributed by atoms with Crippen LogP contribution in [0.15, 0.2) is 24.5 Å². The van der Waals surface area contributed by atoms with Crippen molar-refractivity contribution in [2.45, 2.75) is 31.8 Å². The first-order valence-corrected chi connectivity index (χ1v) is 7.78. The molecule has 0 bridgehead atoms. The number of carbonyl (C=O) groups excluding carboxylic acids is 1. The number of aromatic nitrogens is 1. The molecule has 1 aromatic heterocycles. The Morgan fingerprint density at radius 3 is 2.86 bits per heavy atom. The van der Waals surface area contributed by atoms with Gasteiger partial charge < -0.3 is 10.6 Å². The lowest BCUT2D eigenvalue weighted by atomic mass is 9.77. The standard InChI is InChI=1S/C16H24N4O/c1-19(9-12-5-7-18-8-6-12)15-4-2-3-13-10-20(16(17)21)11-14(13)15/h5-8,13-15H,2-4,9-11H2,1H3,(H2,17,21)/t13-,14-,15?/m1/s1. The fraction of sp³-hybridized carbons (Fsp3) is 0.625. The smallest absolute Gasteiger partial charge is 0.314 e. The number of likely N-dealkylation sites (tertiary alicyclic amines) is 1. The van der Waals surface area contributed by atoms with Gasteiger partial charge in [-0.2, -0.15) is 0 Å². The molecular weight excluding hydrogens is 264 g/mol. The summed E-state index contributed by atoms with van der Waals surface area (Å²) in [6.45, 7) is 2.61. The van der Waals surface area contributed by atoms with Gasteiger partial charge in [0.25, 0.3) is 0 Å². The second kappa shape index (κ2) is 6.02. The van der Waals surface area contributed by atoms with Crippen LogP contribution in [0.25, 0.3) is 0 Å². The van der Waals surface area contributed by atoms with E-state index in [9.17, 15) is 4.79 Å². The van der Waals surface area contributed by atoms with Crippen molar-refractivity contribution < 1.29 is 4.79 Å². The maximum atomic E-state index is 11.4. The average Bonchev–Trinajstić information content (AvgIpc) is 2.92. The Balaban J connectivity index is 1.68. The van der Waals surface area contributed by atoms with Crippen LogP contribution in [0.2, 0.25) is 0 Å². The molecule has 2 heterocycles. The zero-order valence-corrected chi connectivity index (χ0v) is 12.6. The van der Waals surface area contributed by atoms with E-state index in [2.05, 4.69) is 29.1 Å². The Morgan fingerprint density at radius 2 is 2.14 bits per heavy atom. The zero-order chi connectivity index (χ0) is 14.8. The predicted molar refractivity (Wildman–Crippen MR) is 81.5 cm³/mol. The van der Waals surface area contributed by atoms with Gasteiger partial charge in [-0.15, -0.1) is 0 Å². The van der Waals surface area contributed by atoms with E-state index in [0.29, 0.717) is 17.9 Å². The topological polar surface area (TPSA) is 62.5 Å². The van der Waals surface area contributed by atoms with E-state index in [1.165, 1.54) is 24.8 Å². The summed E-state index contributed by atoms with van der Waals surface area (Å²) < 4.78 is 0. The molecule has 5 nitrogen and oxygen atoms in total. The van der Waals surface area contributed by atoms with Gasteiger partial charge in [0.15, 0.2) is 0 Å². The highest BCUT2D eigenvalue weighted by Gasteiger charge is 2.42. The zero-order valence-electron chi connectivity index (χ0n) is 12.6. The average molecular weight is 288 g/mol. The highest BCUT2D eigenvalue weighted by Crippen LogP contribution is 2.38. The van der Waals surface area contributed by atoms with Crippen LogP contribution in [0, 0.1) is 11.8 Å². The molecule has 0 aromatic carbocycles. The number of urea groups is 1. The third kappa shape index (κ3) is 3.02. The molecule has 1 aliphatic carbocycles. The molecule has 1 saturated carbocycles. The SMILES string of the molecule is CN(Cc1ccncc1)C1CCC[C@@H]2CN(C(N)=O)C[C@@H]12. The molecule has 1 aliphatic heterocycles. The van der Waals surface area contributed by atoms with Gasteiger partial charge in [-0.3, -0.25) is 9.88 Å². The fourth-order valence-corrected chi connectivity index (χ4v) is 4.06. The van der Waals surface area contributed by atoms with E-state index in [4.69, 9.17) is 5.73 Å². The van der Waals surface area contributed by atoms with Crippen molar-refractivity contribution in [3.8, 4) is 0 Å². The first-order valence-electron chi connectivity index (χ1n) is 7.78. The number of pyridine rings is 1. The molecule has 21 heavy (non-hydrogen) atoms. The van der Waals surface area contributed by atoms with Gasteiger partial charge in [-0.1, -0.05) is 6.42 Å². The lowest BCUT2D eigenvalue weighted by Gasteiger charge is -2.39. The normalized spacial score (nSPS) is 28.7. The Morgan fingerprint density at radius 1 is 1.38 bits per heavy atom. The van der Waals surface area contributed by atoms with Crippen LogP contribution in [-0.2, 0) is 6.54 Å². The van der Waals surface area contributed by atoms with Crippen LogP contribution in [0.4, 0.5) is 4.79 Å². The molecule has 5 heteroatoms. The van der Waals surface area contributed by atoms with Crippen molar-refractivity contribution in [3.05, 3.63) is 30.1 Å². The van der Waals surface area contributed by atoms with E-state index >= 15 is 0 Å². The first kappa shape index (κ1) is 14.3. The molecule has 3 rings (SSSR count).